The average Bonchev–Trinajstić information content (AvgIpc) is 2.34. The van der Waals surface area contributed by atoms with Gasteiger partial charge in [0.15, 0.2) is 0 Å². The molecule has 0 aliphatic rings. The summed E-state index contributed by atoms with van der Waals surface area (Å²) in [4.78, 5) is 22.6. The van der Waals surface area contributed by atoms with Crippen LogP contribution in [0.15, 0.2) is 18.2 Å². The number of halogens is 1. The average molecular weight is 314 g/mol. The van der Waals surface area contributed by atoms with E-state index in [0.29, 0.717) is 0 Å². The van der Waals surface area contributed by atoms with Crippen molar-refractivity contribution in [2.75, 3.05) is 13.1 Å². The Balaban J connectivity index is 0.00000400. The molecule has 0 saturated carbocycles. The summed E-state index contributed by atoms with van der Waals surface area (Å²) < 4.78 is 0. The molecule has 0 aliphatic heterocycles. The normalized spacial score (nSPS) is 11.2. The molecule has 1 aromatic carbocycles. The fraction of sp³-hybridized carbons (Fsp3) is 0.467. The van der Waals surface area contributed by atoms with Gasteiger partial charge in [-0.05, 0) is 32.8 Å². The van der Waals surface area contributed by atoms with Crippen molar-refractivity contribution < 1.29 is 9.59 Å². The quantitative estimate of drug-likeness (QED) is 0.728. The predicted octanol–water partition coefficient (Wildman–Crippen LogP) is 0.847. The number of hydrogen-bond acceptors (Lipinski definition) is 3. The number of rotatable bonds is 6. The maximum atomic E-state index is 11.6. The summed E-state index contributed by atoms with van der Waals surface area (Å²) in [6.07, 6.45) is 0.763. The number of carbonyl (C=O) groups excluding carboxylic acids is 2. The van der Waals surface area contributed by atoms with Crippen LogP contribution < -0.4 is 16.4 Å². The summed E-state index contributed by atoms with van der Waals surface area (Å²) in [6.45, 7) is 5.92. The maximum Gasteiger partial charge on any atom is 0.239 e. The highest BCUT2D eigenvalue weighted by molar-refractivity contribution is 5.85. The number of aryl methyl sites for hydroxylation is 2. The van der Waals surface area contributed by atoms with E-state index in [1.165, 1.54) is 16.7 Å². The molecule has 1 rings (SSSR count). The number of hydrogen-bond donors (Lipinski definition) is 3. The highest BCUT2D eigenvalue weighted by Gasteiger charge is 2.09. The lowest BCUT2D eigenvalue weighted by molar-refractivity contribution is -0.125. The number of carbonyl (C=O) groups is 2. The molecule has 0 saturated heterocycles. The molecule has 0 aliphatic carbocycles. The summed E-state index contributed by atoms with van der Waals surface area (Å²) >= 11 is 0. The Morgan fingerprint density at radius 3 is 2.24 bits per heavy atom. The molecule has 1 aromatic rings. The van der Waals surface area contributed by atoms with Crippen LogP contribution in [0.1, 0.15) is 23.6 Å². The molecular weight excluding hydrogens is 290 g/mol. The molecule has 0 spiro atoms. The lowest BCUT2D eigenvalue weighted by Gasteiger charge is -2.15. The SMILES string of the molecule is Cc1cc(C)cc(CC(C)NC(=O)CNC(=O)CN)c1.Cl. The monoisotopic (exact) mass is 313 g/mol. The molecule has 0 fully saturated rings. The van der Waals surface area contributed by atoms with Crippen molar-refractivity contribution >= 4 is 24.2 Å². The molecule has 5 nitrogen and oxygen atoms in total. The lowest BCUT2D eigenvalue weighted by Crippen LogP contribution is -2.43. The predicted molar refractivity (Wildman–Crippen MR) is 86.5 cm³/mol. The molecule has 4 N–H and O–H groups in total. The van der Waals surface area contributed by atoms with Crippen LogP contribution in [0.4, 0.5) is 0 Å². The van der Waals surface area contributed by atoms with E-state index >= 15 is 0 Å². The van der Waals surface area contributed by atoms with Gasteiger partial charge in [0, 0.05) is 6.04 Å². The van der Waals surface area contributed by atoms with Gasteiger partial charge < -0.3 is 16.4 Å². The van der Waals surface area contributed by atoms with Crippen molar-refractivity contribution in [1.29, 1.82) is 0 Å². The molecule has 1 atom stereocenters. The molecule has 0 heterocycles. The number of nitrogens with two attached hydrogens (primary N) is 1. The number of nitrogens with one attached hydrogen (secondary N) is 2. The number of benzene rings is 1. The second kappa shape index (κ2) is 9.37. The first-order valence-electron chi connectivity index (χ1n) is 6.74. The standard InChI is InChI=1S/C15H23N3O2.ClH/c1-10-4-11(2)6-13(5-10)7-12(3)18-15(20)9-17-14(19)8-16;/h4-6,12H,7-9,16H2,1-3H3,(H,17,19)(H,18,20);1H. The van der Waals surface area contributed by atoms with E-state index in [4.69, 9.17) is 5.73 Å². The van der Waals surface area contributed by atoms with Crippen molar-refractivity contribution in [1.82, 2.24) is 10.6 Å². The highest BCUT2D eigenvalue weighted by Crippen LogP contribution is 2.10. The van der Waals surface area contributed by atoms with Crippen molar-refractivity contribution in [2.45, 2.75) is 33.2 Å². The van der Waals surface area contributed by atoms with Crippen molar-refractivity contribution in [3.63, 3.8) is 0 Å². The van der Waals surface area contributed by atoms with E-state index in [1.807, 2.05) is 6.92 Å². The Bertz CT molecular complexity index is 472. The molecule has 0 aromatic heterocycles. The molecule has 1 unspecified atom stereocenters. The Morgan fingerprint density at radius 1 is 1.14 bits per heavy atom. The van der Waals surface area contributed by atoms with E-state index in [0.717, 1.165) is 6.42 Å². The van der Waals surface area contributed by atoms with E-state index in [-0.39, 0.29) is 43.4 Å². The van der Waals surface area contributed by atoms with Crippen LogP contribution in [0, 0.1) is 13.8 Å². The lowest BCUT2D eigenvalue weighted by atomic mass is 10.0. The van der Waals surface area contributed by atoms with Gasteiger partial charge in [-0.3, -0.25) is 9.59 Å². The van der Waals surface area contributed by atoms with Gasteiger partial charge in [0.2, 0.25) is 11.8 Å². The Kier molecular flexibility index (Phi) is 8.66. The minimum absolute atomic E-state index is 0. The van der Waals surface area contributed by atoms with E-state index in [9.17, 15) is 9.59 Å². The first kappa shape index (κ1) is 19.4. The third kappa shape index (κ3) is 7.68. The summed E-state index contributed by atoms with van der Waals surface area (Å²) in [5, 5.41) is 5.30. The molecule has 0 radical (unpaired) electrons. The third-order valence-corrected chi connectivity index (χ3v) is 2.86. The van der Waals surface area contributed by atoms with Crippen molar-refractivity contribution in [2.24, 2.45) is 5.73 Å². The van der Waals surface area contributed by atoms with Gasteiger partial charge in [-0.25, -0.2) is 0 Å². The first-order chi connectivity index (χ1) is 9.40. The maximum absolute atomic E-state index is 11.6. The van der Waals surface area contributed by atoms with Crippen LogP contribution in [0.5, 0.6) is 0 Å². The second-order valence-corrected chi connectivity index (χ2v) is 5.15. The van der Waals surface area contributed by atoms with Gasteiger partial charge in [0.05, 0.1) is 13.1 Å². The van der Waals surface area contributed by atoms with Crippen molar-refractivity contribution in [3.8, 4) is 0 Å². The van der Waals surface area contributed by atoms with Crippen LogP contribution in [-0.4, -0.2) is 30.9 Å². The summed E-state index contributed by atoms with van der Waals surface area (Å²) in [6, 6.07) is 6.37. The molecule has 0 bridgehead atoms. The summed E-state index contributed by atoms with van der Waals surface area (Å²) in [5.41, 5.74) is 8.77. The fourth-order valence-electron chi connectivity index (χ4n) is 2.17. The Hall–Kier alpha value is -1.59. The van der Waals surface area contributed by atoms with E-state index in [2.05, 4.69) is 42.7 Å². The minimum Gasteiger partial charge on any atom is -0.352 e. The zero-order valence-corrected chi connectivity index (χ0v) is 13.5. The molecular formula is C15H24ClN3O2. The minimum atomic E-state index is -0.331. The van der Waals surface area contributed by atoms with Crippen LogP contribution in [-0.2, 0) is 16.0 Å². The summed E-state index contributed by atoms with van der Waals surface area (Å²) in [5.74, 6) is -0.536. The fourth-order valence-corrected chi connectivity index (χ4v) is 2.17. The topological polar surface area (TPSA) is 84.2 Å². The van der Waals surface area contributed by atoms with Crippen LogP contribution in [0.3, 0.4) is 0 Å². The van der Waals surface area contributed by atoms with Crippen LogP contribution in [0.2, 0.25) is 0 Å². The van der Waals surface area contributed by atoms with Gasteiger partial charge in [-0.1, -0.05) is 29.3 Å². The Labute approximate surface area is 132 Å². The van der Waals surface area contributed by atoms with Crippen LogP contribution >= 0.6 is 12.4 Å². The van der Waals surface area contributed by atoms with Crippen molar-refractivity contribution in [3.05, 3.63) is 34.9 Å². The summed E-state index contributed by atoms with van der Waals surface area (Å²) in [7, 11) is 0. The third-order valence-electron chi connectivity index (χ3n) is 2.86. The molecule has 6 heteroatoms. The van der Waals surface area contributed by atoms with Gasteiger partial charge in [-0.15, -0.1) is 12.4 Å². The zero-order valence-electron chi connectivity index (χ0n) is 12.7. The largest absolute Gasteiger partial charge is 0.352 e. The number of amides is 2. The Morgan fingerprint density at radius 2 is 1.71 bits per heavy atom. The van der Waals surface area contributed by atoms with Gasteiger partial charge in [0.25, 0.3) is 0 Å². The van der Waals surface area contributed by atoms with E-state index in [1.54, 1.807) is 0 Å². The van der Waals surface area contributed by atoms with Gasteiger partial charge >= 0.3 is 0 Å². The highest BCUT2D eigenvalue weighted by atomic mass is 35.5. The molecule has 21 heavy (non-hydrogen) atoms. The van der Waals surface area contributed by atoms with E-state index < -0.39 is 0 Å². The molecule has 2 amide bonds. The van der Waals surface area contributed by atoms with Gasteiger partial charge in [0.1, 0.15) is 0 Å². The first-order valence-corrected chi connectivity index (χ1v) is 6.74. The molecule has 118 valence electrons. The van der Waals surface area contributed by atoms with Gasteiger partial charge in [-0.2, -0.15) is 0 Å². The zero-order chi connectivity index (χ0) is 15.1. The second-order valence-electron chi connectivity index (χ2n) is 5.15. The van der Waals surface area contributed by atoms with Crippen LogP contribution in [0.25, 0.3) is 0 Å². The smallest absolute Gasteiger partial charge is 0.239 e.